The fourth-order valence-electron chi connectivity index (χ4n) is 2.17. The van der Waals surface area contributed by atoms with Gasteiger partial charge in [0.1, 0.15) is 5.75 Å². The average molecular weight is 380 g/mol. The summed E-state index contributed by atoms with van der Waals surface area (Å²) in [5, 5.41) is 4.03. The van der Waals surface area contributed by atoms with E-state index in [9.17, 15) is 8.42 Å². The highest BCUT2D eigenvalue weighted by molar-refractivity contribution is 7.92. The zero-order valence-corrected chi connectivity index (χ0v) is 14.9. The van der Waals surface area contributed by atoms with Crippen LogP contribution in [0.4, 0.5) is 5.69 Å². The number of hydrogen-bond donors (Lipinski definition) is 1. The van der Waals surface area contributed by atoms with E-state index < -0.39 is 10.0 Å². The summed E-state index contributed by atoms with van der Waals surface area (Å²) in [7, 11) is -2.35. The summed E-state index contributed by atoms with van der Waals surface area (Å²) in [6.45, 7) is 1.68. The zero-order valence-electron chi connectivity index (χ0n) is 13.4. The van der Waals surface area contributed by atoms with Gasteiger partial charge in [0.2, 0.25) is 11.7 Å². The van der Waals surface area contributed by atoms with Gasteiger partial charge in [-0.05, 0) is 30.3 Å². The molecule has 0 aliphatic heterocycles. The number of halogens is 1. The molecule has 1 N–H and O–H groups in total. The van der Waals surface area contributed by atoms with E-state index in [4.69, 9.17) is 20.9 Å². The van der Waals surface area contributed by atoms with Crippen molar-refractivity contribution in [3.8, 4) is 17.1 Å². The molecular weight excluding hydrogens is 366 g/mol. The highest BCUT2D eigenvalue weighted by Crippen LogP contribution is 2.28. The molecule has 0 atom stereocenters. The number of hydrogen-bond acceptors (Lipinski definition) is 6. The Balaban J connectivity index is 1.89. The molecule has 2 aromatic carbocycles. The molecule has 1 heterocycles. The molecule has 0 bridgehead atoms. The van der Waals surface area contributed by atoms with Crippen molar-refractivity contribution in [2.24, 2.45) is 0 Å². The largest absolute Gasteiger partial charge is 0.495 e. The SMILES string of the molecule is COc1ccc(S(=O)(=O)Nc2cccc(-c3noc(C)n3)c2)cc1Cl. The normalized spacial score (nSPS) is 11.3. The number of ether oxygens (including phenoxy) is 1. The maximum atomic E-state index is 12.5. The van der Waals surface area contributed by atoms with Crippen molar-refractivity contribution >= 4 is 27.3 Å². The summed E-state index contributed by atoms with van der Waals surface area (Å²) in [4.78, 5) is 4.15. The molecule has 0 saturated carbocycles. The molecule has 7 nitrogen and oxygen atoms in total. The fraction of sp³-hybridized carbons (Fsp3) is 0.125. The lowest BCUT2D eigenvalue weighted by Gasteiger charge is -2.10. The second-order valence-corrected chi connectivity index (χ2v) is 7.21. The Bertz CT molecular complexity index is 1020. The number of aryl methyl sites for hydroxylation is 1. The Hall–Kier alpha value is -2.58. The van der Waals surface area contributed by atoms with Crippen LogP contribution in [0.2, 0.25) is 5.02 Å². The van der Waals surface area contributed by atoms with Crippen molar-refractivity contribution in [1.82, 2.24) is 10.1 Å². The van der Waals surface area contributed by atoms with E-state index in [-0.39, 0.29) is 9.92 Å². The number of methoxy groups -OCH3 is 1. The predicted molar refractivity (Wildman–Crippen MR) is 93.3 cm³/mol. The van der Waals surface area contributed by atoms with Crippen molar-refractivity contribution in [2.75, 3.05) is 11.8 Å². The first-order chi connectivity index (χ1) is 11.9. The lowest BCUT2D eigenvalue weighted by atomic mass is 10.2. The average Bonchev–Trinajstić information content (AvgIpc) is 3.01. The lowest BCUT2D eigenvalue weighted by Crippen LogP contribution is -2.13. The minimum Gasteiger partial charge on any atom is -0.495 e. The van der Waals surface area contributed by atoms with Crippen LogP contribution in [0.1, 0.15) is 5.89 Å². The number of nitrogens with one attached hydrogen (secondary N) is 1. The van der Waals surface area contributed by atoms with Crippen LogP contribution >= 0.6 is 11.6 Å². The van der Waals surface area contributed by atoms with Crippen LogP contribution in [0, 0.1) is 6.92 Å². The molecule has 1 aromatic heterocycles. The Kier molecular flexibility index (Phi) is 4.65. The maximum Gasteiger partial charge on any atom is 0.261 e. The first-order valence-corrected chi connectivity index (χ1v) is 9.02. The van der Waals surface area contributed by atoms with E-state index in [1.807, 2.05) is 0 Å². The van der Waals surface area contributed by atoms with E-state index in [2.05, 4.69) is 14.9 Å². The van der Waals surface area contributed by atoms with Gasteiger partial charge < -0.3 is 9.26 Å². The number of aromatic nitrogens is 2. The Morgan fingerprint density at radius 1 is 1.20 bits per heavy atom. The van der Waals surface area contributed by atoms with E-state index >= 15 is 0 Å². The summed E-state index contributed by atoms with van der Waals surface area (Å²) in [5.74, 6) is 1.20. The van der Waals surface area contributed by atoms with Crippen molar-refractivity contribution in [2.45, 2.75) is 11.8 Å². The van der Waals surface area contributed by atoms with Crippen LogP contribution in [0.25, 0.3) is 11.4 Å². The number of benzene rings is 2. The zero-order chi connectivity index (χ0) is 18.0. The fourth-order valence-corrected chi connectivity index (χ4v) is 3.56. The number of sulfonamides is 1. The van der Waals surface area contributed by atoms with Crippen LogP contribution < -0.4 is 9.46 Å². The van der Waals surface area contributed by atoms with Gasteiger partial charge in [-0.1, -0.05) is 28.9 Å². The first kappa shape index (κ1) is 17.2. The van der Waals surface area contributed by atoms with Gasteiger partial charge in [-0.15, -0.1) is 0 Å². The number of rotatable bonds is 5. The Morgan fingerprint density at radius 3 is 2.64 bits per heavy atom. The Labute approximate surface area is 149 Å². The van der Waals surface area contributed by atoms with Gasteiger partial charge >= 0.3 is 0 Å². The van der Waals surface area contributed by atoms with Gasteiger partial charge in [-0.25, -0.2) is 8.42 Å². The molecule has 0 saturated heterocycles. The summed E-state index contributed by atoms with van der Waals surface area (Å²) < 4.78 is 37.6. The smallest absolute Gasteiger partial charge is 0.261 e. The molecule has 0 amide bonds. The predicted octanol–water partition coefficient (Wildman–Crippen LogP) is 3.51. The summed E-state index contributed by atoms with van der Waals surface area (Å²) in [5.41, 5.74) is 0.997. The van der Waals surface area contributed by atoms with E-state index in [1.165, 1.54) is 25.3 Å². The standard InChI is InChI=1S/C16H14ClN3O4S/c1-10-18-16(19-24-10)11-4-3-5-12(8-11)20-25(21,22)13-6-7-15(23-2)14(17)9-13/h3-9,20H,1-2H3. The first-order valence-electron chi connectivity index (χ1n) is 7.16. The molecular formula is C16H14ClN3O4S. The van der Waals surface area contributed by atoms with Crippen LogP contribution in [0.3, 0.4) is 0 Å². The topological polar surface area (TPSA) is 94.3 Å². The quantitative estimate of drug-likeness (QED) is 0.729. The van der Waals surface area contributed by atoms with Crippen molar-refractivity contribution in [3.63, 3.8) is 0 Å². The monoisotopic (exact) mass is 379 g/mol. The minimum atomic E-state index is -3.81. The second-order valence-electron chi connectivity index (χ2n) is 5.12. The van der Waals surface area contributed by atoms with Crippen LogP contribution in [0.5, 0.6) is 5.75 Å². The molecule has 0 aliphatic carbocycles. The third-order valence-electron chi connectivity index (χ3n) is 3.33. The van der Waals surface area contributed by atoms with Crippen molar-refractivity contribution in [3.05, 3.63) is 53.4 Å². The third-order valence-corrected chi connectivity index (χ3v) is 5.01. The van der Waals surface area contributed by atoms with E-state index in [1.54, 1.807) is 31.2 Å². The minimum absolute atomic E-state index is 0.0270. The highest BCUT2D eigenvalue weighted by Gasteiger charge is 2.17. The number of nitrogens with zero attached hydrogens (tertiary/aromatic N) is 2. The van der Waals surface area contributed by atoms with Gasteiger partial charge in [0.15, 0.2) is 0 Å². The molecule has 0 unspecified atom stereocenters. The molecule has 3 rings (SSSR count). The lowest BCUT2D eigenvalue weighted by molar-refractivity contribution is 0.394. The van der Waals surface area contributed by atoms with Crippen LogP contribution in [-0.2, 0) is 10.0 Å². The second kappa shape index (κ2) is 6.73. The molecule has 0 radical (unpaired) electrons. The summed E-state index contributed by atoms with van der Waals surface area (Å²) >= 11 is 6.00. The third kappa shape index (κ3) is 3.75. The van der Waals surface area contributed by atoms with Crippen molar-refractivity contribution < 1.29 is 17.7 Å². The van der Waals surface area contributed by atoms with E-state index in [0.29, 0.717) is 28.7 Å². The molecule has 0 aliphatic rings. The molecule has 130 valence electrons. The van der Waals surface area contributed by atoms with Crippen LogP contribution in [-0.4, -0.2) is 25.7 Å². The molecule has 0 fully saturated rings. The van der Waals surface area contributed by atoms with Crippen LogP contribution in [0.15, 0.2) is 51.9 Å². The van der Waals surface area contributed by atoms with E-state index in [0.717, 1.165) is 0 Å². The summed E-state index contributed by atoms with van der Waals surface area (Å²) in [6.07, 6.45) is 0. The molecule has 0 spiro atoms. The number of anilines is 1. The van der Waals surface area contributed by atoms with Gasteiger partial charge in [-0.3, -0.25) is 4.72 Å². The summed E-state index contributed by atoms with van der Waals surface area (Å²) in [6, 6.07) is 10.9. The van der Waals surface area contributed by atoms with Crippen molar-refractivity contribution in [1.29, 1.82) is 0 Å². The molecule has 3 aromatic rings. The van der Waals surface area contributed by atoms with Gasteiger partial charge in [0.05, 0.1) is 17.0 Å². The molecule has 9 heteroatoms. The van der Waals surface area contributed by atoms with Gasteiger partial charge in [0.25, 0.3) is 10.0 Å². The van der Waals surface area contributed by atoms with Gasteiger partial charge in [-0.2, -0.15) is 4.98 Å². The maximum absolute atomic E-state index is 12.5. The Morgan fingerprint density at radius 2 is 2.00 bits per heavy atom. The highest BCUT2D eigenvalue weighted by atomic mass is 35.5. The van der Waals surface area contributed by atoms with Gasteiger partial charge in [0, 0.05) is 18.2 Å². The molecule has 25 heavy (non-hydrogen) atoms.